The standard InChI is InChI=1S/C18H16N2O2/c1-13-17(12-14-8-10-16(22-2)11-9-14)18(21)20(19-13)15-6-4-3-5-7-15/h3-12,19H,1H2,2H3. The van der Waals surface area contributed by atoms with Crippen molar-refractivity contribution in [3.63, 3.8) is 0 Å². The van der Waals surface area contributed by atoms with E-state index in [0.717, 1.165) is 17.0 Å². The molecule has 0 unspecified atom stereocenters. The van der Waals surface area contributed by atoms with Crippen LogP contribution in [0.1, 0.15) is 5.56 Å². The zero-order chi connectivity index (χ0) is 15.5. The van der Waals surface area contributed by atoms with Crippen LogP contribution < -0.4 is 20.9 Å². The number of nitrogens with zero attached hydrogens (tertiary/aromatic N) is 1. The molecule has 1 heterocycles. The normalized spacial score (nSPS) is 11.6. The van der Waals surface area contributed by atoms with Crippen LogP contribution in [0.3, 0.4) is 0 Å². The number of nitrogens with one attached hydrogen (secondary N) is 1. The maximum atomic E-state index is 12.6. The Balaban J connectivity index is 2.12. The summed E-state index contributed by atoms with van der Waals surface area (Å²) in [4.78, 5) is 12.6. The van der Waals surface area contributed by atoms with E-state index in [4.69, 9.17) is 4.74 Å². The lowest BCUT2D eigenvalue weighted by atomic mass is 10.2. The summed E-state index contributed by atoms with van der Waals surface area (Å²) in [6.45, 7) is 3.93. The van der Waals surface area contributed by atoms with Gasteiger partial charge in [-0.3, -0.25) is 9.89 Å². The van der Waals surface area contributed by atoms with Crippen molar-refractivity contribution in [1.82, 2.24) is 9.78 Å². The topological polar surface area (TPSA) is 47.0 Å². The van der Waals surface area contributed by atoms with E-state index in [0.29, 0.717) is 10.6 Å². The van der Waals surface area contributed by atoms with Crippen LogP contribution in [0.4, 0.5) is 0 Å². The van der Waals surface area contributed by atoms with Gasteiger partial charge in [0.1, 0.15) is 5.75 Å². The van der Waals surface area contributed by atoms with Crippen molar-refractivity contribution >= 4 is 12.7 Å². The van der Waals surface area contributed by atoms with E-state index in [1.165, 1.54) is 4.68 Å². The summed E-state index contributed by atoms with van der Waals surface area (Å²) in [5, 5.41) is 4.15. The van der Waals surface area contributed by atoms with Gasteiger partial charge in [-0.15, -0.1) is 0 Å². The molecule has 0 aliphatic rings. The molecular formula is C18H16N2O2. The smallest absolute Gasteiger partial charge is 0.279 e. The maximum absolute atomic E-state index is 12.6. The third-order valence-corrected chi connectivity index (χ3v) is 3.45. The van der Waals surface area contributed by atoms with E-state index < -0.39 is 0 Å². The minimum absolute atomic E-state index is 0.119. The number of rotatable bonds is 3. The van der Waals surface area contributed by atoms with Crippen LogP contribution in [-0.4, -0.2) is 16.9 Å². The van der Waals surface area contributed by atoms with Crippen LogP contribution in [0, 0.1) is 0 Å². The first-order valence-corrected chi connectivity index (χ1v) is 6.90. The fraction of sp³-hybridized carbons (Fsp3) is 0.0556. The summed E-state index contributed by atoms with van der Waals surface area (Å²) in [6.07, 6.45) is 1.82. The third kappa shape index (κ3) is 2.59. The average molecular weight is 292 g/mol. The van der Waals surface area contributed by atoms with Gasteiger partial charge < -0.3 is 4.74 Å². The van der Waals surface area contributed by atoms with Gasteiger partial charge in [-0.05, 0) is 35.9 Å². The van der Waals surface area contributed by atoms with Crippen LogP contribution in [0.2, 0.25) is 0 Å². The molecule has 3 rings (SSSR count). The summed E-state index contributed by atoms with van der Waals surface area (Å²) in [5.41, 5.74) is 1.58. The van der Waals surface area contributed by atoms with Gasteiger partial charge in [0.15, 0.2) is 0 Å². The Morgan fingerprint density at radius 3 is 2.41 bits per heavy atom. The van der Waals surface area contributed by atoms with E-state index in [2.05, 4.69) is 11.7 Å². The number of aromatic amines is 1. The molecule has 110 valence electrons. The van der Waals surface area contributed by atoms with Crippen molar-refractivity contribution in [1.29, 1.82) is 0 Å². The number of aromatic nitrogens is 2. The largest absolute Gasteiger partial charge is 0.497 e. The van der Waals surface area contributed by atoms with Crippen molar-refractivity contribution in [3.8, 4) is 11.4 Å². The molecule has 0 saturated heterocycles. The summed E-state index contributed by atoms with van der Waals surface area (Å²) in [7, 11) is 1.62. The molecule has 0 spiro atoms. The molecule has 0 aliphatic carbocycles. The molecule has 0 aliphatic heterocycles. The molecule has 0 bridgehead atoms. The number of methoxy groups -OCH3 is 1. The van der Waals surface area contributed by atoms with E-state index in [1.807, 2.05) is 60.7 Å². The monoisotopic (exact) mass is 292 g/mol. The van der Waals surface area contributed by atoms with Crippen molar-refractivity contribution in [3.05, 3.63) is 81.1 Å². The Hall–Kier alpha value is -3.01. The Kier molecular flexibility index (Phi) is 3.66. The second kappa shape index (κ2) is 5.77. The summed E-state index contributed by atoms with van der Waals surface area (Å²) >= 11 is 0. The second-order valence-corrected chi connectivity index (χ2v) is 4.90. The fourth-order valence-corrected chi connectivity index (χ4v) is 2.27. The highest BCUT2D eigenvalue weighted by atomic mass is 16.5. The number of H-pyrrole nitrogens is 1. The maximum Gasteiger partial charge on any atom is 0.279 e. The zero-order valence-corrected chi connectivity index (χ0v) is 12.2. The summed E-state index contributed by atoms with van der Waals surface area (Å²) < 4.78 is 6.63. The van der Waals surface area contributed by atoms with E-state index in [9.17, 15) is 4.79 Å². The molecule has 1 N–H and O–H groups in total. The van der Waals surface area contributed by atoms with Gasteiger partial charge in [-0.2, -0.15) is 0 Å². The SMILES string of the molecule is C=c1[nH]n(-c2ccccc2)c(=O)c1=Cc1ccc(OC)cc1. The Bertz CT molecular complexity index is 935. The van der Waals surface area contributed by atoms with Gasteiger partial charge >= 0.3 is 0 Å². The van der Waals surface area contributed by atoms with Gasteiger partial charge in [-0.25, -0.2) is 4.68 Å². The lowest BCUT2D eigenvalue weighted by Gasteiger charge is -1.99. The predicted molar refractivity (Wildman–Crippen MR) is 87.7 cm³/mol. The highest BCUT2D eigenvalue weighted by molar-refractivity contribution is 5.50. The van der Waals surface area contributed by atoms with Gasteiger partial charge in [0.05, 0.1) is 23.4 Å². The van der Waals surface area contributed by atoms with Crippen LogP contribution in [-0.2, 0) is 0 Å². The molecule has 0 fully saturated rings. The molecule has 4 nitrogen and oxygen atoms in total. The molecule has 3 aromatic rings. The molecule has 2 aromatic carbocycles. The van der Waals surface area contributed by atoms with E-state index >= 15 is 0 Å². The first-order chi connectivity index (χ1) is 10.7. The van der Waals surface area contributed by atoms with Crippen LogP contribution >= 0.6 is 0 Å². The first-order valence-electron chi connectivity index (χ1n) is 6.90. The number of ether oxygens (including phenoxy) is 1. The number of hydrogen-bond donors (Lipinski definition) is 1. The first kappa shape index (κ1) is 13.9. The average Bonchev–Trinajstić information content (AvgIpc) is 2.84. The van der Waals surface area contributed by atoms with Crippen molar-refractivity contribution in [2.75, 3.05) is 7.11 Å². The molecule has 1 aromatic heterocycles. The Labute approximate surface area is 127 Å². The van der Waals surface area contributed by atoms with Gasteiger partial charge in [0.25, 0.3) is 5.56 Å². The minimum Gasteiger partial charge on any atom is -0.497 e. The molecule has 0 amide bonds. The van der Waals surface area contributed by atoms with Crippen LogP contribution in [0.5, 0.6) is 5.75 Å². The number of benzene rings is 2. The van der Waals surface area contributed by atoms with E-state index in [1.54, 1.807) is 7.11 Å². The van der Waals surface area contributed by atoms with Gasteiger partial charge in [-0.1, -0.05) is 36.9 Å². The lowest BCUT2D eigenvalue weighted by Crippen LogP contribution is -2.33. The van der Waals surface area contributed by atoms with Crippen molar-refractivity contribution in [2.24, 2.45) is 0 Å². The predicted octanol–water partition coefficient (Wildman–Crippen LogP) is 1.41. The third-order valence-electron chi connectivity index (χ3n) is 3.45. The van der Waals surface area contributed by atoms with Gasteiger partial charge in [0.2, 0.25) is 0 Å². The van der Waals surface area contributed by atoms with Gasteiger partial charge in [0, 0.05) is 0 Å². The minimum atomic E-state index is -0.119. The quantitative estimate of drug-likeness (QED) is 0.793. The summed E-state index contributed by atoms with van der Waals surface area (Å²) in [5.74, 6) is 0.780. The molecular weight excluding hydrogens is 276 g/mol. The molecule has 0 atom stereocenters. The van der Waals surface area contributed by atoms with Crippen molar-refractivity contribution < 1.29 is 4.74 Å². The van der Waals surface area contributed by atoms with Crippen molar-refractivity contribution in [2.45, 2.75) is 0 Å². The number of hydrogen-bond acceptors (Lipinski definition) is 2. The van der Waals surface area contributed by atoms with Crippen LogP contribution in [0.25, 0.3) is 18.3 Å². The van der Waals surface area contributed by atoms with E-state index in [-0.39, 0.29) is 5.56 Å². The highest BCUT2D eigenvalue weighted by Crippen LogP contribution is 2.11. The molecule has 0 saturated carbocycles. The van der Waals surface area contributed by atoms with Crippen LogP contribution in [0.15, 0.2) is 59.4 Å². The fourth-order valence-electron chi connectivity index (χ4n) is 2.27. The molecule has 4 heteroatoms. The zero-order valence-electron chi connectivity index (χ0n) is 12.2. The molecule has 22 heavy (non-hydrogen) atoms. The second-order valence-electron chi connectivity index (χ2n) is 4.90. The number of para-hydroxylation sites is 1. The Morgan fingerprint density at radius 2 is 1.77 bits per heavy atom. The molecule has 0 radical (unpaired) electrons. The lowest BCUT2D eigenvalue weighted by molar-refractivity contribution is 0.415. The summed E-state index contributed by atoms with van der Waals surface area (Å²) in [6, 6.07) is 16.9. The highest BCUT2D eigenvalue weighted by Gasteiger charge is 2.04. The Morgan fingerprint density at radius 1 is 1.09 bits per heavy atom.